The number of carbonyl (C=O) groups is 3. The average molecular weight is 425 g/mol. The molecule has 1 N–H and O–H groups in total. The van der Waals surface area contributed by atoms with Gasteiger partial charge in [-0.05, 0) is 61.5 Å². The largest absolute Gasteiger partial charge is 0.507 e. The molecule has 0 amide bonds. The molecular weight excluding hydrogens is 408 g/mol. The van der Waals surface area contributed by atoms with Crippen molar-refractivity contribution < 1.29 is 29.0 Å². The second-order valence-electron chi connectivity index (χ2n) is 6.44. The lowest BCUT2D eigenvalue weighted by atomic mass is 10.1. The van der Waals surface area contributed by atoms with Crippen molar-refractivity contribution in [2.75, 3.05) is 6.61 Å². The third kappa shape index (κ3) is 5.24. The highest BCUT2D eigenvalue weighted by Gasteiger charge is 2.16. The van der Waals surface area contributed by atoms with Crippen LogP contribution in [-0.2, 0) is 4.74 Å². The first-order chi connectivity index (χ1) is 14.3. The van der Waals surface area contributed by atoms with Crippen LogP contribution in [-0.4, -0.2) is 29.4 Å². The Morgan fingerprint density at radius 3 is 2.17 bits per heavy atom. The SMILES string of the molecule is Cc1ccc(C(=O)Oc2ccc(C(=O)COC(=O)c3cc(Cl)ccc3O)cc2)cc1. The first-order valence-corrected chi connectivity index (χ1v) is 9.29. The summed E-state index contributed by atoms with van der Waals surface area (Å²) in [6.45, 7) is 1.40. The van der Waals surface area contributed by atoms with Crippen molar-refractivity contribution in [1.29, 1.82) is 0 Å². The molecule has 0 bridgehead atoms. The lowest BCUT2D eigenvalue weighted by Gasteiger charge is -2.08. The van der Waals surface area contributed by atoms with Gasteiger partial charge < -0.3 is 14.6 Å². The number of hydrogen-bond donors (Lipinski definition) is 1. The number of aromatic hydroxyl groups is 1. The van der Waals surface area contributed by atoms with Crippen molar-refractivity contribution in [3.8, 4) is 11.5 Å². The van der Waals surface area contributed by atoms with E-state index in [-0.39, 0.29) is 27.6 Å². The van der Waals surface area contributed by atoms with E-state index in [1.807, 2.05) is 19.1 Å². The standard InChI is InChI=1S/C23H17ClO6/c1-14-2-4-16(5-3-14)22(27)30-18-9-6-15(7-10-18)21(26)13-29-23(28)19-12-17(24)8-11-20(19)25/h2-12,25H,13H2,1H3. The number of halogens is 1. The molecule has 6 nitrogen and oxygen atoms in total. The minimum atomic E-state index is -0.869. The molecule has 3 aromatic carbocycles. The number of phenols is 1. The van der Waals surface area contributed by atoms with E-state index in [2.05, 4.69) is 0 Å². The maximum atomic E-state index is 12.2. The van der Waals surface area contributed by atoms with E-state index in [1.54, 1.807) is 12.1 Å². The molecule has 3 rings (SSSR count). The fourth-order valence-corrected chi connectivity index (χ4v) is 2.70. The number of aryl methyl sites for hydroxylation is 1. The predicted octanol–water partition coefficient (Wildman–Crippen LogP) is 4.61. The number of ketones is 1. The van der Waals surface area contributed by atoms with Crippen molar-refractivity contribution in [3.05, 3.63) is 94.0 Å². The zero-order chi connectivity index (χ0) is 21.7. The fraction of sp³-hybridized carbons (Fsp3) is 0.0870. The molecule has 0 atom stereocenters. The topological polar surface area (TPSA) is 89.9 Å². The van der Waals surface area contributed by atoms with Gasteiger partial charge in [-0.1, -0.05) is 29.3 Å². The van der Waals surface area contributed by atoms with E-state index < -0.39 is 24.3 Å². The molecule has 30 heavy (non-hydrogen) atoms. The van der Waals surface area contributed by atoms with Gasteiger partial charge in [-0.2, -0.15) is 0 Å². The first kappa shape index (κ1) is 21.1. The molecule has 0 unspecified atom stereocenters. The van der Waals surface area contributed by atoms with Gasteiger partial charge in [0.1, 0.15) is 17.1 Å². The number of ether oxygens (including phenoxy) is 2. The molecule has 0 radical (unpaired) electrons. The third-order valence-corrected chi connectivity index (χ3v) is 4.42. The molecule has 7 heteroatoms. The highest BCUT2D eigenvalue weighted by atomic mass is 35.5. The number of phenolic OH excluding ortho intramolecular Hbond substituents is 1. The average Bonchev–Trinajstić information content (AvgIpc) is 2.74. The molecular formula is C23H17ClO6. The summed E-state index contributed by atoms with van der Waals surface area (Å²) in [5.41, 5.74) is 1.58. The minimum absolute atomic E-state index is 0.131. The van der Waals surface area contributed by atoms with E-state index >= 15 is 0 Å². The lowest BCUT2D eigenvalue weighted by molar-refractivity contribution is 0.0471. The second kappa shape index (κ2) is 9.24. The van der Waals surface area contributed by atoms with Crippen molar-refractivity contribution in [1.82, 2.24) is 0 Å². The Morgan fingerprint density at radius 2 is 1.50 bits per heavy atom. The van der Waals surface area contributed by atoms with Crippen LogP contribution >= 0.6 is 11.6 Å². The maximum absolute atomic E-state index is 12.2. The van der Waals surface area contributed by atoms with Crippen LogP contribution in [0.3, 0.4) is 0 Å². The highest BCUT2D eigenvalue weighted by Crippen LogP contribution is 2.22. The van der Waals surface area contributed by atoms with Gasteiger partial charge >= 0.3 is 11.9 Å². The summed E-state index contributed by atoms with van der Waals surface area (Å²) in [6, 6.07) is 16.8. The lowest BCUT2D eigenvalue weighted by Crippen LogP contribution is -2.14. The number of rotatable bonds is 6. The molecule has 0 aliphatic carbocycles. The van der Waals surface area contributed by atoms with Gasteiger partial charge in [-0.15, -0.1) is 0 Å². The number of hydrogen-bond acceptors (Lipinski definition) is 6. The Balaban J connectivity index is 1.58. The summed E-state index contributed by atoms with van der Waals surface area (Å²) < 4.78 is 10.2. The smallest absolute Gasteiger partial charge is 0.343 e. The van der Waals surface area contributed by atoms with Crippen molar-refractivity contribution in [2.24, 2.45) is 0 Å². The van der Waals surface area contributed by atoms with Crippen LogP contribution in [0.1, 0.15) is 36.6 Å². The highest BCUT2D eigenvalue weighted by molar-refractivity contribution is 6.31. The van der Waals surface area contributed by atoms with Crippen LogP contribution in [0.4, 0.5) is 0 Å². The summed E-state index contributed by atoms with van der Waals surface area (Å²) in [5, 5.41) is 9.95. The predicted molar refractivity (Wildman–Crippen MR) is 110 cm³/mol. The third-order valence-electron chi connectivity index (χ3n) is 4.19. The zero-order valence-corrected chi connectivity index (χ0v) is 16.7. The number of carbonyl (C=O) groups excluding carboxylic acids is 3. The van der Waals surface area contributed by atoms with Crippen molar-refractivity contribution >= 4 is 29.3 Å². The summed E-state index contributed by atoms with van der Waals surface area (Å²) in [5.74, 6) is -1.85. The molecule has 0 spiro atoms. The van der Waals surface area contributed by atoms with Gasteiger partial charge in [0, 0.05) is 10.6 Å². The van der Waals surface area contributed by atoms with E-state index in [1.165, 1.54) is 42.5 Å². The van der Waals surface area contributed by atoms with E-state index in [0.29, 0.717) is 5.56 Å². The van der Waals surface area contributed by atoms with Crippen LogP contribution in [0.5, 0.6) is 11.5 Å². The number of benzene rings is 3. The first-order valence-electron chi connectivity index (χ1n) is 8.91. The van der Waals surface area contributed by atoms with Crippen LogP contribution in [0.15, 0.2) is 66.7 Å². The molecule has 0 saturated heterocycles. The Hall–Kier alpha value is -3.64. The fourth-order valence-electron chi connectivity index (χ4n) is 2.53. The van der Waals surface area contributed by atoms with Crippen molar-refractivity contribution in [3.63, 3.8) is 0 Å². The van der Waals surface area contributed by atoms with Gasteiger partial charge in [0.2, 0.25) is 0 Å². The quantitative estimate of drug-likeness (QED) is 0.353. The Morgan fingerprint density at radius 1 is 0.867 bits per heavy atom. The summed E-state index contributed by atoms with van der Waals surface area (Å²) in [7, 11) is 0. The van der Waals surface area contributed by atoms with Gasteiger partial charge in [-0.25, -0.2) is 9.59 Å². The Labute approximate surface area is 177 Å². The zero-order valence-electron chi connectivity index (χ0n) is 15.9. The molecule has 0 saturated carbocycles. The van der Waals surface area contributed by atoms with Crippen molar-refractivity contribution in [2.45, 2.75) is 6.92 Å². The monoisotopic (exact) mass is 424 g/mol. The van der Waals surface area contributed by atoms with Gasteiger partial charge in [0.05, 0.1) is 5.56 Å². The van der Waals surface area contributed by atoms with Crippen LogP contribution in [0.25, 0.3) is 0 Å². The van der Waals surface area contributed by atoms with Crippen LogP contribution in [0, 0.1) is 6.92 Å². The van der Waals surface area contributed by atoms with Gasteiger partial charge in [-0.3, -0.25) is 4.79 Å². The van der Waals surface area contributed by atoms with Crippen LogP contribution in [0.2, 0.25) is 5.02 Å². The summed E-state index contributed by atoms with van der Waals surface area (Å²) in [6.07, 6.45) is 0. The molecule has 0 heterocycles. The number of esters is 2. The molecule has 0 aliphatic heterocycles. The Bertz CT molecular complexity index is 1090. The van der Waals surface area contributed by atoms with E-state index in [4.69, 9.17) is 21.1 Å². The molecule has 0 aromatic heterocycles. The van der Waals surface area contributed by atoms with Gasteiger partial charge in [0.15, 0.2) is 12.4 Å². The molecule has 3 aromatic rings. The summed E-state index contributed by atoms with van der Waals surface area (Å²) >= 11 is 5.79. The molecule has 0 aliphatic rings. The molecule has 152 valence electrons. The normalized spacial score (nSPS) is 10.3. The van der Waals surface area contributed by atoms with E-state index in [0.717, 1.165) is 5.56 Å². The van der Waals surface area contributed by atoms with E-state index in [9.17, 15) is 19.5 Å². The maximum Gasteiger partial charge on any atom is 0.343 e. The Kier molecular flexibility index (Phi) is 6.49. The van der Waals surface area contributed by atoms with Gasteiger partial charge in [0.25, 0.3) is 0 Å². The minimum Gasteiger partial charge on any atom is -0.507 e. The van der Waals surface area contributed by atoms with Crippen LogP contribution < -0.4 is 4.74 Å². The summed E-state index contributed by atoms with van der Waals surface area (Å²) in [4.78, 5) is 36.4. The second-order valence-corrected chi connectivity index (χ2v) is 6.88. The molecule has 0 fully saturated rings. The number of Topliss-reactive ketones (excluding diaryl/α,β-unsaturated/α-hetero) is 1.